The van der Waals surface area contributed by atoms with E-state index in [0.29, 0.717) is 35.5 Å². The summed E-state index contributed by atoms with van der Waals surface area (Å²) in [5.41, 5.74) is 1.74. The highest BCUT2D eigenvalue weighted by molar-refractivity contribution is 5.95. The summed E-state index contributed by atoms with van der Waals surface area (Å²) in [7, 11) is 0. The molecule has 1 aliphatic heterocycles. The molecule has 1 aromatic heterocycles. The molecule has 150 valence electrons. The molecule has 2 heterocycles. The number of carboxylic acids is 1. The molecule has 29 heavy (non-hydrogen) atoms. The Labute approximate surface area is 171 Å². The molecule has 0 aliphatic carbocycles. The van der Waals surface area contributed by atoms with Crippen LogP contribution >= 0.6 is 12.4 Å². The third-order valence-electron chi connectivity index (χ3n) is 4.73. The van der Waals surface area contributed by atoms with Gasteiger partial charge in [-0.05, 0) is 42.8 Å². The summed E-state index contributed by atoms with van der Waals surface area (Å²) < 4.78 is 18.2. The maximum absolute atomic E-state index is 13.0. The second-order valence-corrected chi connectivity index (χ2v) is 6.58. The zero-order valence-electron chi connectivity index (χ0n) is 15.1. The first-order valence-corrected chi connectivity index (χ1v) is 8.73. The Hall–Kier alpha value is -3.26. The van der Waals surface area contributed by atoms with Gasteiger partial charge in [-0.25, -0.2) is 4.39 Å². The summed E-state index contributed by atoms with van der Waals surface area (Å²) in [6.45, 7) is 0.658. The predicted octanol–water partition coefficient (Wildman–Crippen LogP) is 3.51. The molecule has 1 saturated heterocycles. The lowest BCUT2D eigenvalue weighted by molar-refractivity contribution is -0.141. The number of nitrogens with zero attached hydrogens (tertiary/aromatic N) is 3. The van der Waals surface area contributed by atoms with Crippen molar-refractivity contribution in [3.63, 3.8) is 0 Å². The topological polar surface area (TPSA) is 96.5 Å². The maximum atomic E-state index is 13.0. The molecule has 1 atom stereocenters. The van der Waals surface area contributed by atoms with Crippen LogP contribution in [0.5, 0.6) is 0 Å². The Morgan fingerprint density at radius 1 is 1.07 bits per heavy atom. The number of likely N-dealkylation sites (tertiary alicyclic amines) is 1. The first-order valence-electron chi connectivity index (χ1n) is 8.73. The monoisotopic (exact) mass is 417 g/mol. The van der Waals surface area contributed by atoms with E-state index in [1.54, 1.807) is 41.3 Å². The SMILES string of the molecule is Cl.O=C(O)C1CCN(C(=O)c2ccc(-c3noc(-c4ccc(F)cc4)n3)cc2)C1. The fourth-order valence-corrected chi connectivity index (χ4v) is 3.14. The minimum Gasteiger partial charge on any atom is -0.481 e. The molecule has 4 rings (SSSR count). The van der Waals surface area contributed by atoms with Crippen molar-refractivity contribution in [3.05, 3.63) is 59.9 Å². The van der Waals surface area contributed by atoms with Gasteiger partial charge in [0.25, 0.3) is 11.8 Å². The van der Waals surface area contributed by atoms with E-state index in [-0.39, 0.29) is 36.6 Å². The van der Waals surface area contributed by atoms with E-state index in [0.717, 1.165) is 0 Å². The number of aliphatic carboxylic acids is 1. The first-order chi connectivity index (χ1) is 13.5. The Bertz CT molecular complexity index is 1020. The molecule has 0 spiro atoms. The van der Waals surface area contributed by atoms with Crippen molar-refractivity contribution in [1.82, 2.24) is 15.0 Å². The molecule has 0 bridgehead atoms. The average Bonchev–Trinajstić information content (AvgIpc) is 3.38. The van der Waals surface area contributed by atoms with E-state index >= 15 is 0 Å². The van der Waals surface area contributed by atoms with E-state index in [4.69, 9.17) is 9.63 Å². The lowest BCUT2D eigenvalue weighted by Crippen LogP contribution is -2.29. The fraction of sp³-hybridized carbons (Fsp3) is 0.200. The lowest BCUT2D eigenvalue weighted by Gasteiger charge is -2.15. The molecular weight excluding hydrogens is 401 g/mol. The van der Waals surface area contributed by atoms with Crippen molar-refractivity contribution >= 4 is 24.3 Å². The van der Waals surface area contributed by atoms with E-state index < -0.39 is 11.9 Å². The van der Waals surface area contributed by atoms with Gasteiger partial charge in [0.1, 0.15) is 5.82 Å². The first kappa shape index (κ1) is 20.5. The van der Waals surface area contributed by atoms with Crippen LogP contribution < -0.4 is 0 Å². The Morgan fingerprint density at radius 2 is 1.72 bits per heavy atom. The highest BCUT2D eigenvalue weighted by Gasteiger charge is 2.31. The summed E-state index contributed by atoms with van der Waals surface area (Å²) in [4.78, 5) is 29.4. The summed E-state index contributed by atoms with van der Waals surface area (Å²) in [6, 6.07) is 12.4. The number of carbonyl (C=O) groups excluding carboxylic acids is 1. The maximum Gasteiger partial charge on any atom is 0.308 e. The third kappa shape index (κ3) is 4.27. The van der Waals surface area contributed by atoms with Crippen LogP contribution in [-0.2, 0) is 4.79 Å². The molecule has 1 N–H and O–H groups in total. The van der Waals surface area contributed by atoms with Gasteiger partial charge in [0.05, 0.1) is 5.92 Å². The normalized spacial score (nSPS) is 15.8. The van der Waals surface area contributed by atoms with Crippen LogP contribution in [-0.4, -0.2) is 45.1 Å². The zero-order chi connectivity index (χ0) is 19.7. The summed E-state index contributed by atoms with van der Waals surface area (Å²) in [5, 5.41) is 13.0. The number of carbonyl (C=O) groups is 2. The van der Waals surface area contributed by atoms with Gasteiger partial charge in [0, 0.05) is 29.8 Å². The van der Waals surface area contributed by atoms with E-state index in [2.05, 4.69) is 10.1 Å². The van der Waals surface area contributed by atoms with E-state index in [1.165, 1.54) is 12.1 Å². The summed E-state index contributed by atoms with van der Waals surface area (Å²) in [6.07, 6.45) is 0.466. The molecule has 0 saturated carbocycles. The number of carboxylic acid groups (broad SMARTS) is 1. The van der Waals surface area contributed by atoms with Crippen molar-refractivity contribution in [2.45, 2.75) is 6.42 Å². The fourth-order valence-electron chi connectivity index (χ4n) is 3.14. The van der Waals surface area contributed by atoms with Crippen molar-refractivity contribution in [1.29, 1.82) is 0 Å². The minimum atomic E-state index is -0.875. The van der Waals surface area contributed by atoms with Crippen molar-refractivity contribution < 1.29 is 23.6 Å². The number of benzene rings is 2. The van der Waals surface area contributed by atoms with Crippen molar-refractivity contribution in [3.8, 4) is 22.8 Å². The second-order valence-electron chi connectivity index (χ2n) is 6.58. The van der Waals surface area contributed by atoms with Gasteiger partial charge in [-0.15, -0.1) is 12.4 Å². The zero-order valence-corrected chi connectivity index (χ0v) is 15.9. The minimum absolute atomic E-state index is 0. The quantitative estimate of drug-likeness (QED) is 0.697. The number of hydrogen-bond acceptors (Lipinski definition) is 5. The van der Waals surface area contributed by atoms with E-state index in [9.17, 15) is 14.0 Å². The number of aromatic nitrogens is 2. The lowest BCUT2D eigenvalue weighted by atomic mass is 10.1. The standard InChI is InChI=1S/C20H16FN3O4.ClH/c21-16-7-5-13(6-8-16)18-22-17(23-28-18)12-1-3-14(4-2-12)19(25)24-10-9-15(11-24)20(26)27;/h1-8,15H,9-11H2,(H,26,27);1H. The van der Waals surface area contributed by atoms with Crippen molar-refractivity contribution in [2.24, 2.45) is 5.92 Å². The third-order valence-corrected chi connectivity index (χ3v) is 4.73. The molecule has 3 aromatic rings. The Balaban J connectivity index is 0.00000240. The van der Waals surface area contributed by atoms with Crippen LogP contribution in [0.3, 0.4) is 0 Å². The van der Waals surface area contributed by atoms with Gasteiger partial charge in [0.15, 0.2) is 0 Å². The highest BCUT2D eigenvalue weighted by Crippen LogP contribution is 2.24. The van der Waals surface area contributed by atoms with Crippen LogP contribution in [0.1, 0.15) is 16.8 Å². The van der Waals surface area contributed by atoms with Gasteiger partial charge in [0.2, 0.25) is 5.82 Å². The number of halogens is 2. The molecular formula is C20H17ClFN3O4. The highest BCUT2D eigenvalue weighted by atomic mass is 35.5. The number of rotatable bonds is 4. The largest absolute Gasteiger partial charge is 0.481 e. The molecule has 1 fully saturated rings. The van der Waals surface area contributed by atoms with Gasteiger partial charge in [-0.1, -0.05) is 17.3 Å². The number of amides is 1. The Morgan fingerprint density at radius 3 is 2.34 bits per heavy atom. The number of hydrogen-bond donors (Lipinski definition) is 1. The molecule has 0 radical (unpaired) electrons. The van der Waals surface area contributed by atoms with Crippen LogP contribution in [0.4, 0.5) is 4.39 Å². The second kappa shape index (κ2) is 8.40. The van der Waals surface area contributed by atoms with Gasteiger partial charge < -0.3 is 14.5 Å². The van der Waals surface area contributed by atoms with E-state index in [1.807, 2.05) is 0 Å². The van der Waals surface area contributed by atoms with Crippen LogP contribution in [0.25, 0.3) is 22.8 Å². The predicted molar refractivity (Wildman–Crippen MR) is 104 cm³/mol. The van der Waals surface area contributed by atoms with Crippen molar-refractivity contribution in [2.75, 3.05) is 13.1 Å². The molecule has 2 aromatic carbocycles. The van der Waals surface area contributed by atoms with Gasteiger partial charge in [-0.2, -0.15) is 4.98 Å². The van der Waals surface area contributed by atoms with Gasteiger partial charge >= 0.3 is 5.97 Å². The average molecular weight is 418 g/mol. The summed E-state index contributed by atoms with van der Waals surface area (Å²) >= 11 is 0. The van der Waals surface area contributed by atoms with Crippen LogP contribution in [0.2, 0.25) is 0 Å². The van der Waals surface area contributed by atoms with Gasteiger partial charge in [-0.3, -0.25) is 9.59 Å². The smallest absolute Gasteiger partial charge is 0.308 e. The van der Waals surface area contributed by atoms with Crippen LogP contribution in [0.15, 0.2) is 53.1 Å². The molecule has 1 unspecified atom stereocenters. The molecule has 1 amide bonds. The van der Waals surface area contributed by atoms with Crippen LogP contribution in [0, 0.1) is 11.7 Å². The molecule has 9 heteroatoms. The molecule has 1 aliphatic rings. The summed E-state index contributed by atoms with van der Waals surface area (Å²) in [5.74, 6) is -1.31. The molecule has 7 nitrogen and oxygen atoms in total. The Kier molecular flexibility index (Phi) is 5.93.